The van der Waals surface area contributed by atoms with Crippen LogP contribution >= 0.6 is 23.2 Å². The lowest BCUT2D eigenvalue weighted by atomic mass is 9.89. The summed E-state index contributed by atoms with van der Waals surface area (Å²) >= 11 is 12.2. The molecule has 0 aliphatic heterocycles. The number of para-hydroxylation sites is 1. The molecule has 1 aliphatic carbocycles. The van der Waals surface area contributed by atoms with Gasteiger partial charge in [0.15, 0.2) is 0 Å². The molecular weight excluding hydrogens is 579 g/mol. The molecule has 0 bridgehead atoms. The number of carbonyl (C=O) groups excluding carboxylic acids is 3. The lowest BCUT2D eigenvalue weighted by molar-refractivity contribution is -0.139. The monoisotopic (exact) mass is 610 g/mol. The van der Waals surface area contributed by atoms with Gasteiger partial charge in [-0.3, -0.25) is 9.59 Å². The van der Waals surface area contributed by atoms with E-state index in [0.29, 0.717) is 29.3 Å². The number of urea groups is 1. The number of nitrogens with one attached hydrogen (secondary N) is 4. The lowest BCUT2D eigenvalue weighted by Crippen LogP contribution is -2.44. The fourth-order valence-electron chi connectivity index (χ4n) is 4.90. The van der Waals surface area contributed by atoms with E-state index in [2.05, 4.69) is 21.3 Å². The SMILES string of the molecule is O=C(Nc1ccccc1C(=O)NCC1CCCCC1)N[C@@H](Cc1ccc(NC(=O)c2c(Cl)cccc2Cl)cc1)C(=O)O. The van der Waals surface area contributed by atoms with Crippen LogP contribution in [0.5, 0.6) is 0 Å². The highest BCUT2D eigenvalue weighted by Gasteiger charge is 2.22. The molecule has 1 atom stereocenters. The smallest absolute Gasteiger partial charge is 0.326 e. The maximum absolute atomic E-state index is 12.9. The molecule has 1 aliphatic rings. The molecule has 4 amide bonds. The quantitative estimate of drug-likeness (QED) is 0.181. The predicted octanol–water partition coefficient (Wildman–Crippen LogP) is 6.37. The number of anilines is 2. The summed E-state index contributed by atoms with van der Waals surface area (Å²) in [6.07, 6.45) is 5.73. The Morgan fingerprint density at radius 3 is 2.14 bits per heavy atom. The Labute approximate surface area is 254 Å². The van der Waals surface area contributed by atoms with Crippen LogP contribution in [0.15, 0.2) is 66.7 Å². The summed E-state index contributed by atoms with van der Waals surface area (Å²) in [6.45, 7) is 0.580. The molecular formula is C31H32Cl2N4O5. The molecule has 0 spiro atoms. The van der Waals surface area contributed by atoms with E-state index in [0.717, 1.165) is 12.8 Å². The number of carboxylic acids is 1. The van der Waals surface area contributed by atoms with Gasteiger partial charge in [-0.1, -0.05) is 72.8 Å². The number of carboxylic acid groups (broad SMARTS) is 1. The van der Waals surface area contributed by atoms with Crippen LogP contribution in [0.2, 0.25) is 10.0 Å². The molecule has 0 aromatic heterocycles. The zero-order chi connectivity index (χ0) is 30.1. The summed E-state index contributed by atoms with van der Waals surface area (Å²) in [6, 6.07) is 15.9. The van der Waals surface area contributed by atoms with E-state index < -0.39 is 23.9 Å². The third-order valence-electron chi connectivity index (χ3n) is 7.14. The third-order valence-corrected chi connectivity index (χ3v) is 7.77. The largest absolute Gasteiger partial charge is 0.480 e. The van der Waals surface area contributed by atoms with Gasteiger partial charge < -0.3 is 26.4 Å². The van der Waals surface area contributed by atoms with Crippen molar-refractivity contribution in [3.05, 3.63) is 93.5 Å². The van der Waals surface area contributed by atoms with E-state index in [1.807, 2.05) is 0 Å². The zero-order valence-corrected chi connectivity index (χ0v) is 24.3. The molecule has 42 heavy (non-hydrogen) atoms. The molecule has 0 heterocycles. The Bertz CT molecular complexity index is 1420. The minimum Gasteiger partial charge on any atom is -0.480 e. The van der Waals surface area contributed by atoms with Gasteiger partial charge in [-0.2, -0.15) is 0 Å². The van der Waals surface area contributed by atoms with Crippen LogP contribution in [-0.2, 0) is 11.2 Å². The Morgan fingerprint density at radius 1 is 0.810 bits per heavy atom. The summed E-state index contributed by atoms with van der Waals surface area (Å²) in [5, 5.41) is 20.9. The van der Waals surface area contributed by atoms with E-state index in [-0.39, 0.29) is 33.6 Å². The standard InChI is InChI=1S/C31H32Cl2N4O5/c32-23-10-6-11-24(33)27(23)29(39)35-21-15-13-19(14-16-21)17-26(30(40)41)37-31(42)36-25-12-5-4-9-22(25)28(38)34-18-20-7-2-1-3-8-20/h4-6,9-16,20,26H,1-3,7-8,17-18H2,(H,34,38)(H,35,39)(H,40,41)(H2,36,37,42)/t26-/m0/s1. The third kappa shape index (κ3) is 8.47. The Kier molecular flexibility index (Phi) is 10.8. The molecule has 220 valence electrons. The van der Waals surface area contributed by atoms with Crippen LogP contribution in [0, 0.1) is 5.92 Å². The highest BCUT2D eigenvalue weighted by Crippen LogP contribution is 2.26. The number of aliphatic carboxylic acids is 1. The molecule has 1 fully saturated rings. The summed E-state index contributed by atoms with van der Waals surface area (Å²) < 4.78 is 0. The first-order chi connectivity index (χ1) is 20.2. The molecule has 11 heteroatoms. The Hall–Kier alpha value is -4.08. The minimum atomic E-state index is -1.25. The number of carbonyl (C=O) groups is 4. The fourth-order valence-corrected chi connectivity index (χ4v) is 5.47. The van der Waals surface area contributed by atoms with Crippen molar-refractivity contribution < 1.29 is 24.3 Å². The van der Waals surface area contributed by atoms with Gasteiger partial charge in [-0.05, 0) is 60.7 Å². The van der Waals surface area contributed by atoms with Crippen LogP contribution < -0.4 is 21.3 Å². The molecule has 1 saturated carbocycles. The Balaban J connectivity index is 1.34. The first kappa shape index (κ1) is 30.9. The summed E-state index contributed by atoms with van der Waals surface area (Å²) in [7, 11) is 0. The maximum atomic E-state index is 12.9. The lowest BCUT2D eigenvalue weighted by Gasteiger charge is -2.22. The van der Waals surface area contributed by atoms with Gasteiger partial charge in [0.2, 0.25) is 0 Å². The molecule has 0 saturated heterocycles. The fraction of sp³-hybridized carbons (Fsp3) is 0.290. The van der Waals surface area contributed by atoms with E-state index in [1.54, 1.807) is 66.7 Å². The van der Waals surface area contributed by atoms with Crippen molar-refractivity contribution in [1.82, 2.24) is 10.6 Å². The van der Waals surface area contributed by atoms with Gasteiger partial charge in [0.25, 0.3) is 11.8 Å². The van der Waals surface area contributed by atoms with Gasteiger partial charge in [0, 0.05) is 18.7 Å². The number of halogens is 2. The maximum Gasteiger partial charge on any atom is 0.326 e. The summed E-state index contributed by atoms with van der Waals surface area (Å²) in [4.78, 5) is 50.2. The van der Waals surface area contributed by atoms with Crippen molar-refractivity contribution in [3.8, 4) is 0 Å². The number of benzene rings is 3. The molecule has 0 radical (unpaired) electrons. The predicted molar refractivity (Wildman–Crippen MR) is 163 cm³/mol. The first-order valence-electron chi connectivity index (χ1n) is 13.7. The second-order valence-corrected chi connectivity index (χ2v) is 11.0. The van der Waals surface area contributed by atoms with Crippen molar-refractivity contribution in [2.45, 2.75) is 44.6 Å². The van der Waals surface area contributed by atoms with Crippen molar-refractivity contribution in [2.75, 3.05) is 17.2 Å². The van der Waals surface area contributed by atoms with Crippen LogP contribution in [-0.4, -0.2) is 41.5 Å². The normalized spacial score (nSPS) is 14.0. The van der Waals surface area contributed by atoms with Gasteiger partial charge >= 0.3 is 12.0 Å². The van der Waals surface area contributed by atoms with Crippen molar-refractivity contribution in [2.24, 2.45) is 5.92 Å². The van der Waals surface area contributed by atoms with Crippen LogP contribution in [0.25, 0.3) is 0 Å². The van der Waals surface area contributed by atoms with Crippen LogP contribution in [0.1, 0.15) is 58.4 Å². The van der Waals surface area contributed by atoms with E-state index in [9.17, 15) is 24.3 Å². The van der Waals surface area contributed by atoms with Gasteiger partial charge in [0.05, 0.1) is 26.9 Å². The van der Waals surface area contributed by atoms with E-state index >= 15 is 0 Å². The van der Waals surface area contributed by atoms with Crippen LogP contribution in [0.3, 0.4) is 0 Å². The van der Waals surface area contributed by atoms with E-state index in [1.165, 1.54) is 19.3 Å². The van der Waals surface area contributed by atoms with Crippen molar-refractivity contribution >= 4 is 58.4 Å². The number of amides is 4. The highest BCUT2D eigenvalue weighted by molar-refractivity contribution is 6.40. The number of hydrogen-bond donors (Lipinski definition) is 5. The van der Waals surface area contributed by atoms with Gasteiger partial charge in [-0.25, -0.2) is 9.59 Å². The summed E-state index contributed by atoms with van der Waals surface area (Å²) in [5.41, 5.74) is 1.79. The molecule has 3 aromatic rings. The van der Waals surface area contributed by atoms with E-state index in [4.69, 9.17) is 23.2 Å². The molecule has 3 aromatic carbocycles. The second-order valence-electron chi connectivity index (χ2n) is 10.2. The topological polar surface area (TPSA) is 137 Å². The minimum absolute atomic E-state index is 0.0170. The second kappa shape index (κ2) is 14.7. The number of rotatable bonds is 10. The van der Waals surface area contributed by atoms with Crippen LogP contribution in [0.4, 0.5) is 16.2 Å². The molecule has 4 rings (SSSR count). The van der Waals surface area contributed by atoms with Crippen molar-refractivity contribution in [3.63, 3.8) is 0 Å². The molecule has 5 N–H and O–H groups in total. The zero-order valence-electron chi connectivity index (χ0n) is 22.8. The van der Waals surface area contributed by atoms with Gasteiger partial charge in [-0.15, -0.1) is 0 Å². The average Bonchev–Trinajstić information content (AvgIpc) is 2.97. The van der Waals surface area contributed by atoms with Crippen molar-refractivity contribution in [1.29, 1.82) is 0 Å². The molecule has 9 nitrogen and oxygen atoms in total. The summed E-state index contributed by atoms with van der Waals surface area (Å²) in [5.74, 6) is -1.55. The Morgan fingerprint density at radius 2 is 1.48 bits per heavy atom. The number of hydrogen-bond acceptors (Lipinski definition) is 4. The highest BCUT2D eigenvalue weighted by atomic mass is 35.5. The molecule has 0 unspecified atom stereocenters. The first-order valence-corrected chi connectivity index (χ1v) is 14.5. The average molecular weight is 612 g/mol. The van der Waals surface area contributed by atoms with Gasteiger partial charge in [0.1, 0.15) is 6.04 Å².